The molecular formula is C19H19Cl2N3O4S2. The molecule has 0 aliphatic heterocycles. The quantitative estimate of drug-likeness (QED) is 0.559. The molecule has 11 heteroatoms. The smallest absolute Gasteiger partial charge is 0.308 e. The average Bonchev–Trinajstić information content (AvgIpc) is 2.96. The molecule has 160 valence electrons. The minimum absolute atomic E-state index is 0.0150. The molecule has 3 aromatic rings. The lowest BCUT2D eigenvalue weighted by molar-refractivity contribution is -0.114. The number of aromatic nitrogens is 1. The van der Waals surface area contributed by atoms with Crippen LogP contribution in [0.3, 0.4) is 0 Å². The summed E-state index contributed by atoms with van der Waals surface area (Å²) in [4.78, 5) is 24.7. The Morgan fingerprint density at radius 3 is 2.47 bits per heavy atom. The van der Waals surface area contributed by atoms with Gasteiger partial charge in [0.05, 0.1) is 32.2 Å². The summed E-state index contributed by atoms with van der Waals surface area (Å²) in [5, 5.41) is 3.14. The number of rotatable bonds is 6. The summed E-state index contributed by atoms with van der Waals surface area (Å²) < 4.78 is 27.8. The number of fused-ring (bicyclic) bond motifs is 1. The van der Waals surface area contributed by atoms with Crippen LogP contribution in [-0.4, -0.2) is 31.7 Å². The van der Waals surface area contributed by atoms with Crippen molar-refractivity contribution in [3.8, 4) is 0 Å². The number of carbonyl (C=O) groups is 1. The standard InChI is InChI=1S/C19H19Cl2N3O4S2/c1-11(2)24-16-7-4-12(8-17(16)29-19(24)26)22-18(25)10-23(30(3,27)28)13-5-6-14(20)15(21)9-13/h4-9,11H,10H2,1-3H3,(H,22,25). The van der Waals surface area contributed by atoms with Crippen LogP contribution in [0.25, 0.3) is 10.2 Å². The van der Waals surface area contributed by atoms with Crippen molar-refractivity contribution in [2.45, 2.75) is 19.9 Å². The number of carbonyl (C=O) groups excluding carboxylic acids is 1. The number of hydrogen-bond acceptors (Lipinski definition) is 5. The number of amides is 1. The highest BCUT2D eigenvalue weighted by Crippen LogP contribution is 2.29. The molecule has 0 unspecified atom stereocenters. The molecule has 7 nitrogen and oxygen atoms in total. The van der Waals surface area contributed by atoms with Crippen LogP contribution in [-0.2, 0) is 14.8 Å². The molecule has 0 radical (unpaired) electrons. The first kappa shape index (κ1) is 22.6. The third-order valence-electron chi connectivity index (χ3n) is 4.29. The van der Waals surface area contributed by atoms with Crippen molar-refractivity contribution in [2.24, 2.45) is 0 Å². The summed E-state index contributed by atoms with van der Waals surface area (Å²) in [6, 6.07) is 9.47. The van der Waals surface area contributed by atoms with Gasteiger partial charge >= 0.3 is 4.87 Å². The second kappa shape index (κ2) is 8.58. The molecule has 0 aliphatic rings. The first-order valence-electron chi connectivity index (χ1n) is 8.85. The van der Waals surface area contributed by atoms with E-state index in [1.165, 1.54) is 18.2 Å². The molecule has 2 aromatic carbocycles. The second-order valence-corrected chi connectivity index (χ2v) is 10.6. The Morgan fingerprint density at radius 1 is 1.17 bits per heavy atom. The first-order valence-corrected chi connectivity index (χ1v) is 12.3. The largest absolute Gasteiger partial charge is 0.324 e. The van der Waals surface area contributed by atoms with E-state index < -0.39 is 22.5 Å². The number of nitrogens with one attached hydrogen (secondary N) is 1. The molecule has 3 rings (SSSR count). The highest BCUT2D eigenvalue weighted by Gasteiger charge is 2.22. The number of hydrogen-bond donors (Lipinski definition) is 1. The predicted molar refractivity (Wildman–Crippen MR) is 124 cm³/mol. The fraction of sp³-hybridized carbons (Fsp3) is 0.263. The minimum atomic E-state index is -3.75. The molecule has 0 aliphatic carbocycles. The summed E-state index contributed by atoms with van der Waals surface area (Å²) in [6.07, 6.45) is 1.00. The number of nitrogens with zero attached hydrogens (tertiary/aromatic N) is 2. The minimum Gasteiger partial charge on any atom is -0.324 e. The lowest BCUT2D eigenvalue weighted by Crippen LogP contribution is -2.37. The first-order chi connectivity index (χ1) is 14.0. The maximum Gasteiger partial charge on any atom is 0.308 e. The van der Waals surface area contributed by atoms with Crippen LogP contribution in [0.5, 0.6) is 0 Å². The molecular weight excluding hydrogens is 469 g/mol. The van der Waals surface area contributed by atoms with Crippen molar-refractivity contribution >= 4 is 72.1 Å². The molecule has 0 atom stereocenters. The molecule has 1 aromatic heterocycles. The lowest BCUT2D eigenvalue weighted by Gasteiger charge is -2.22. The van der Waals surface area contributed by atoms with Gasteiger partial charge in [0, 0.05) is 11.7 Å². The number of halogens is 2. The summed E-state index contributed by atoms with van der Waals surface area (Å²) in [5.41, 5.74) is 1.48. The number of benzene rings is 2. The number of sulfonamides is 1. The lowest BCUT2D eigenvalue weighted by atomic mass is 10.2. The summed E-state index contributed by atoms with van der Waals surface area (Å²) in [6.45, 7) is 3.40. The van der Waals surface area contributed by atoms with E-state index in [0.29, 0.717) is 5.69 Å². The Labute approximate surface area is 187 Å². The second-order valence-electron chi connectivity index (χ2n) is 6.93. The fourth-order valence-corrected chi connectivity index (χ4v) is 5.17. The maximum absolute atomic E-state index is 12.6. The summed E-state index contributed by atoms with van der Waals surface area (Å²) in [5.74, 6) is -0.540. The Bertz CT molecular complexity index is 1280. The Hall–Kier alpha value is -2.07. The van der Waals surface area contributed by atoms with Gasteiger partial charge in [0.25, 0.3) is 0 Å². The van der Waals surface area contributed by atoms with Gasteiger partial charge in [0.2, 0.25) is 15.9 Å². The van der Waals surface area contributed by atoms with Gasteiger partial charge in [-0.3, -0.25) is 18.5 Å². The van der Waals surface area contributed by atoms with E-state index in [4.69, 9.17) is 23.2 Å². The molecule has 1 amide bonds. The van der Waals surface area contributed by atoms with Crippen molar-refractivity contribution in [1.82, 2.24) is 4.57 Å². The molecule has 0 bridgehead atoms. The van der Waals surface area contributed by atoms with Gasteiger partial charge in [-0.05, 0) is 50.2 Å². The summed E-state index contributed by atoms with van der Waals surface area (Å²) in [7, 11) is -3.75. The molecule has 0 fully saturated rings. The highest BCUT2D eigenvalue weighted by molar-refractivity contribution is 7.92. The van der Waals surface area contributed by atoms with Crippen LogP contribution >= 0.6 is 34.5 Å². The van der Waals surface area contributed by atoms with E-state index in [2.05, 4.69) is 5.32 Å². The molecule has 0 saturated carbocycles. The molecule has 1 N–H and O–H groups in total. The van der Waals surface area contributed by atoms with Crippen LogP contribution in [0.2, 0.25) is 10.0 Å². The van der Waals surface area contributed by atoms with Crippen molar-refractivity contribution in [2.75, 3.05) is 22.4 Å². The zero-order chi connectivity index (χ0) is 22.2. The van der Waals surface area contributed by atoms with Crippen LogP contribution in [0.4, 0.5) is 11.4 Å². The Morgan fingerprint density at radius 2 is 1.87 bits per heavy atom. The van der Waals surface area contributed by atoms with Gasteiger partial charge in [0.15, 0.2) is 0 Å². The third kappa shape index (κ3) is 4.80. The van der Waals surface area contributed by atoms with E-state index in [9.17, 15) is 18.0 Å². The Kier molecular flexibility index (Phi) is 6.47. The Balaban J connectivity index is 1.85. The van der Waals surface area contributed by atoms with E-state index in [-0.39, 0.29) is 26.6 Å². The normalized spacial score (nSPS) is 11.8. The van der Waals surface area contributed by atoms with Crippen molar-refractivity contribution < 1.29 is 13.2 Å². The van der Waals surface area contributed by atoms with E-state index >= 15 is 0 Å². The van der Waals surface area contributed by atoms with Crippen LogP contribution < -0.4 is 14.5 Å². The molecule has 0 spiro atoms. The van der Waals surface area contributed by atoms with E-state index in [1.807, 2.05) is 13.8 Å². The van der Waals surface area contributed by atoms with E-state index in [1.54, 1.807) is 22.8 Å². The van der Waals surface area contributed by atoms with Crippen LogP contribution in [0, 0.1) is 0 Å². The number of thiazole rings is 1. The van der Waals surface area contributed by atoms with Crippen molar-refractivity contribution in [1.29, 1.82) is 0 Å². The fourth-order valence-electron chi connectivity index (χ4n) is 2.97. The zero-order valence-corrected chi connectivity index (χ0v) is 19.5. The SMILES string of the molecule is CC(C)n1c(=O)sc2cc(NC(=O)CN(c3ccc(Cl)c(Cl)c3)S(C)(=O)=O)ccc21. The van der Waals surface area contributed by atoms with Crippen molar-refractivity contribution in [3.63, 3.8) is 0 Å². The molecule has 30 heavy (non-hydrogen) atoms. The third-order valence-corrected chi connectivity index (χ3v) is 7.09. The average molecular weight is 488 g/mol. The molecule has 1 heterocycles. The van der Waals surface area contributed by atoms with Gasteiger partial charge in [-0.25, -0.2) is 8.42 Å². The van der Waals surface area contributed by atoms with Gasteiger partial charge in [-0.15, -0.1) is 0 Å². The molecule has 0 saturated heterocycles. The van der Waals surface area contributed by atoms with Gasteiger partial charge in [0.1, 0.15) is 6.54 Å². The van der Waals surface area contributed by atoms with Crippen molar-refractivity contribution in [3.05, 3.63) is 56.1 Å². The maximum atomic E-state index is 12.6. The van der Waals surface area contributed by atoms with Gasteiger partial charge in [-0.2, -0.15) is 0 Å². The van der Waals surface area contributed by atoms with Crippen LogP contribution in [0.15, 0.2) is 41.2 Å². The monoisotopic (exact) mass is 487 g/mol. The van der Waals surface area contributed by atoms with E-state index in [0.717, 1.165) is 32.1 Å². The predicted octanol–water partition coefficient (Wildman–Crippen LogP) is 4.36. The topological polar surface area (TPSA) is 88.5 Å². The van der Waals surface area contributed by atoms with Gasteiger partial charge in [-0.1, -0.05) is 34.5 Å². The highest BCUT2D eigenvalue weighted by atomic mass is 35.5. The summed E-state index contributed by atoms with van der Waals surface area (Å²) >= 11 is 13.0. The zero-order valence-electron chi connectivity index (χ0n) is 16.3. The number of anilines is 2. The van der Waals surface area contributed by atoms with Crippen LogP contribution in [0.1, 0.15) is 19.9 Å². The van der Waals surface area contributed by atoms with Gasteiger partial charge < -0.3 is 5.32 Å².